The van der Waals surface area contributed by atoms with Crippen LogP contribution in [-0.2, 0) is 9.53 Å². The first kappa shape index (κ1) is 14.0. The van der Waals surface area contributed by atoms with Gasteiger partial charge in [-0.25, -0.2) is 4.79 Å². The number of hydrogen-bond donors (Lipinski definition) is 0. The van der Waals surface area contributed by atoms with Gasteiger partial charge in [0.15, 0.2) is 5.56 Å². The predicted octanol–water partition coefficient (Wildman–Crippen LogP) is 1.48. The van der Waals surface area contributed by atoms with Crippen molar-refractivity contribution >= 4 is 17.6 Å². The van der Waals surface area contributed by atoms with Crippen LogP contribution in [0.25, 0.3) is 0 Å². The van der Waals surface area contributed by atoms with Crippen molar-refractivity contribution in [1.82, 2.24) is 4.90 Å². The molecule has 0 aliphatic carbocycles. The second kappa shape index (κ2) is 8.56. The summed E-state index contributed by atoms with van der Waals surface area (Å²) >= 11 is 5.26. The van der Waals surface area contributed by atoms with Crippen molar-refractivity contribution in [3.63, 3.8) is 0 Å². The molecule has 0 aromatic carbocycles. The number of alkyl halides is 1. The maximum atomic E-state index is 10.2. The highest BCUT2D eigenvalue weighted by atomic mass is 35.5. The number of hydrogen-bond acceptors (Lipinski definition) is 3. The Labute approximate surface area is 78.9 Å². The first-order valence-electron chi connectivity index (χ1n) is 3.48. The molecule has 0 radical (unpaired) electrons. The van der Waals surface area contributed by atoms with Crippen LogP contribution in [0.15, 0.2) is 12.7 Å². The third-order valence-electron chi connectivity index (χ3n) is 0.445. The molecule has 0 N–H and O–H groups in total. The molecule has 0 aromatic heterocycles. The van der Waals surface area contributed by atoms with Gasteiger partial charge in [0.05, 0.1) is 0 Å². The van der Waals surface area contributed by atoms with Crippen LogP contribution in [0.1, 0.15) is 6.92 Å². The average molecular weight is 194 g/mol. The number of ether oxygens (including phenoxy) is 1. The molecule has 0 heterocycles. The number of carbonyl (C=O) groups excluding carboxylic acids is 1. The summed E-state index contributed by atoms with van der Waals surface area (Å²) in [6.45, 7) is 4.74. The Balaban J connectivity index is 0. The predicted molar refractivity (Wildman–Crippen MR) is 51.2 cm³/mol. The highest BCUT2D eigenvalue weighted by molar-refractivity contribution is 6.20. The van der Waals surface area contributed by atoms with Crippen LogP contribution in [0.5, 0.6) is 0 Å². The highest BCUT2D eigenvalue weighted by Gasteiger charge is 1.98. The second-order valence-corrected chi connectivity index (χ2v) is 3.14. The van der Waals surface area contributed by atoms with E-state index in [4.69, 9.17) is 11.6 Å². The molecule has 12 heavy (non-hydrogen) atoms. The Kier molecular flexibility index (Phi) is 9.99. The summed E-state index contributed by atoms with van der Waals surface area (Å²) < 4.78 is 4.41. The van der Waals surface area contributed by atoms with E-state index in [2.05, 4.69) is 11.3 Å². The quantitative estimate of drug-likeness (QED) is 0.378. The molecule has 0 rings (SSSR count). The maximum absolute atomic E-state index is 10.2. The standard InChI is InChI=1S/C5H7ClO2.C3H9N/c1-3-5(7)8-4(2)6;1-4(2)3/h3-4H,1H2,2H3;1-3H3. The number of esters is 1. The van der Waals surface area contributed by atoms with Crippen molar-refractivity contribution in [3.8, 4) is 0 Å². The van der Waals surface area contributed by atoms with Gasteiger partial charge in [-0.2, -0.15) is 0 Å². The Morgan fingerprint density at radius 1 is 1.58 bits per heavy atom. The van der Waals surface area contributed by atoms with Crippen LogP contribution in [0.2, 0.25) is 0 Å². The molecule has 0 aliphatic rings. The van der Waals surface area contributed by atoms with Crippen molar-refractivity contribution in [2.45, 2.75) is 12.5 Å². The summed E-state index contributed by atoms with van der Waals surface area (Å²) in [5, 5.41) is 0. The summed E-state index contributed by atoms with van der Waals surface area (Å²) in [4.78, 5) is 12.2. The molecule has 0 fully saturated rings. The van der Waals surface area contributed by atoms with Crippen molar-refractivity contribution in [2.24, 2.45) is 0 Å². The van der Waals surface area contributed by atoms with Gasteiger partial charge < -0.3 is 9.64 Å². The Bertz CT molecular complexity index is 132. The van der Waals surface area contributed by atoms with Crippen LogP contribution < -0.4 is 0 Å². The normalized spacial score (nSPS) is 11.2. The van der Waals surface area contributed by atoms with Gasteiger partial charge in [0.1, 0.15) is 0 Å². The minimum Gasteiger partial charge on any atom is -0.443 e. The fourth-order valence-electron chi connectivity index (χ4n) is 0.208. The lowest BCUT2D eigenvalue weighted by Crippen LogP contribution is -2.05. The zero-order chi connectivity index (χ0) is 10.1. The van der Waals surface area contributed by atoms with Crippen molar-refractivity contribution in [2.75, 3.05) is 21.1 Å². The Hall–Kier alpha value is -0.540. The lowest BCUT2D eigenvalue weighted by Gasteiger charge is -2.00. The van der Waals surface area contributed by atoms with E-state index in [1.165, 1.54) is 0 Å². The molecule has 0 amide bonds. The molecular weight excluding hydrogens is 178 g/mol. The third-order valence-corrected chi connectivity index (χ3v) is 0.534. The highest BCUT2D eigenvalue weighted by Crippen LogP contribution is 1.95. The largest absolute Gasteiger partial charge is 0.443 e. The Morgan fingerprint density at radius 3 is 2.00 bits per heavy atom. The third kappa shape index (κ3) is 22.7. The monoisotopic (exact) mass is 193 g/mol. The smallest absolute Gasteiger partial charge is 0.331 e. The minimum atomic E-state index is -0.569. The molecule has 4 heteroatoms. The molecule has 72 valence electrons. The number of halogens is 1. The van der Waals surface area contributed by atoms with Gasteiger partial charge in [-0.3, -0.25) is 0 Å². The van der Waals surface area contributed by atoms with Crippen molar-refractivity contribution in [1.29, 1.82) is 0 Å². The van der Waals surface area contributed by atoms with E-state index >= 15 is 0 Å². The van der Waals surface area contributed by atoms with Gasteiger partial charge in [0.25, 0.3) is 0 Å². The van der Waals surface area contributed by atoms with Gasteiger partial charge in [0, 0.05) is 6.08 Å². The molecule has 0 saturated carbocycles. The van der Waals surface area contributed by atoms with Gasteiger partial charge in [-0.1, -0.05) is 18.2 Å². The number of rotatable bonds is 2. The van der Waals surface area contributed by atoms with E-state index in [-0.39, 0.29) is 0 Å². The van der Waals surface area contributed by atoms with Gasteiger partial charge in [-0.15, -0.1) is 0 Å². The van der Waals surface area contributed by atoms with Crippen LogP contribution in [-0.4, -0.2) is 37.6 Å². The topological polar surface area (TPSA) is 29.5 Å². The van der Waals surface area contributed by atoms with E-state index in [1.54, 1.807) is 6.92 Å². The SMILES string of the molecule is C=CC(=O)OC(C)Cl.CN(C)C. The number of nitrogens with zero attached hydrogens (tertiary/aromatic N) is 1. The van der Waals surface area contributed by atoms with Crippen LogP contribution in [0, 0.1) is 0 Å². The Morgan fingerprint density at radius 2 is 1.92 bits per heavy atom. The molecule has 0 aliphatic heterocycles. The fraction of sp³-hybridized carbons (Fsp3) is 0.625. The van der Waals surface area contributed by atoms with E-state index in [1.807, 2.05) is 26.0 Å². The molecule has 3 nitrogen and oxygen atoms in total. The molecule has 1 atom stereocenters. The second-order valence-electron chi connectivity index (χ2n) is 2.53. The molecular formula is C8H16ClNO2. The van der Waals surface area contributed by atoms with E-state index in [9.17, 15) is 4.79 Å². The van der Waals surface area contributed by atoms with Crippen LogP contribution >= 0.6 is 11.6 Å². The van der Waals surface area contributed by atoms with Gasteiger partial charge in [0.2, 0.25) is 0 Å². The average Bonchev–Trinajstić information content (AvgIpc) is 1.84. The lowest BCUT2D eigenvalue weighted by atomic mass is 10.6. The molecule has 1 unspecified atom stereocenters. The summed E-state index contributed by atoms with van der Waals surface area (Å²) in [5.41, 5.74) is -0.569. The van der Waals surface area contributed by atoms with E-state index in [0.717, 1.165) is 6.08 Å². The summed E-state index contributed by atoms with van der Waals surface area (Å²) in [5.74, 6) is -0.493. The van der Waals surface area contributed by atoms with Crippen LogP contribution in [0.4, 0.5) is 0 Å². The molecule has 0 bridgehead atoms. The first-order valence-corrected chi connectivity index (χ1v) is 3.91. The fourth-order valence-corrected chi connectivity index (χ4v) is 0.296. The molecule has 0 aromatic rings. The van der Waals surface area contributed by atoms with Gasteiger partial charge in [-0.05, 0) is 28.1 Å². The lowest BCUT2D eigenvalue weighted by molar-refractivity contribution is -0.138. The molecule has 0 spiro atoms. The maximum Gasteiger partial charge on any atom is 0.331 e. The van der Waals surface area contributed by atoms with Gasteiger partial charge >= 0.3 is 5.97 Å². The summed E-state index contributed by atoms with van der Waals surface area (Å²) in [6, 6.07) is 0. The van der Waals surface area contributed by atoms with Crippen molar-refractivity contribution < 1.29 is 9.53 Å². The van der Waals surface area contributed by atoms with Crippen molar-refractivity contribution in [3.05, 3.63) is 12.7 Å². The first-order chi connectivity index (χ1) is 5.40. The van der Waals surface area contributed by atoms with Crippen LogP contribution in [0.3, 0.4) is 0 Å². The summed E-state index contributed by atoms with van der Waals surface area (Å²) in [7, 11) is 6.00. The van der Waals surface area contributed by atoms with E-state index < -0.39 is 11.5 Å². The summed E-state index contributed by atoms with van der Waals surface area (Å²) in [6.07, 6.45) is 1.07. The molecule has 0 saturated heterocycles. The number of carbonyl (C=O) groups is 1. The zero-order valence-electron chi connectivity index (χ0n) is 8.00. The van der Waals surface area contributed by atoms with E-state index in [0.29, 0.717) is 0 Å². The zero-order valence-corrected chi connectivity index (χ0v) is 8.76. The minimum absolute atomic E-state index is 0.493.